The fraction of sp³-hybridized carbons (Fsp3) is 0.292. The van der Waals surface area contributed by atoms with E-state index < -0.39 is 0 Å². The Balaban J connectivity index is 1.82. The van der Waals surface area contributed by atoms with E-state index in [0.717, 1.165) is 22.0 Å². The highest BCUT2D eigenvalue weighted by Gasteiger charge is 2.40. The van der Waals surface area contributed by atoms with E-state index in [1.165, 1.54) is 16.9 Å². The molecule has 1 unspecified atom stereocenters. The first-order valence-electron chi connectivity index (χ1n) is 9.82. The van der Waals surface area contributed by atoms with Gasteiger partial charge in [-0.15, -0.1) is 0 Å². The Bertz CT molecular complexity index is 1200. The zero-order valence-corrected chi connectivity index (χ0v) is 17.0. The summed E-state index contributed by atoms with van der Waals surface area (Å²) in [6.45, 7) is 11.2. The van der Waals surface area contributed by atoms with Crippen LogP contribution < -0.4 is 9.80 Å². The maximum absolute atomic E-state index is 6.29. The number of pyridine rings is 1. The Labute approximate surface area is 165 Å². The zero-order chi connectivity index (χ0) is 19.6. The van der Waals surface area contributed by atoms with Gasteiger partial charge in [0, 0.05) is 22.5 Å². The topological polar surface area (TPSA) is 32.5 Å². The lowest BCUT2D eigenvalue weighted by Crippen LogP contribution is -2.49. The van der Waals surface area contributed by atoms with Gasteiger partial charge in [-0.3, -0.25) is 0 Å². The number of aryl methyl sites for hydroxylation is 1. The number of nitrogens with zero attached hydrogens (tertiary/aromatic N) is 3. The molecule has 5 rings (SSSR count). The molecule has 3 heterocycles. The smallest absolute Gasteiger partial charge is 0.227 e. The Morgan fingerprint density at radius 1 is 0.929 bits per heavy atom. The van der Waals surface area contributed by atoms with Crippen LogP contribution in [0.3, 0.4) is 0 Å². The maximum atomic E-state index is 6.29. The number of furan rings is 1. The van der Waals surface area contributed by atoms with Gasteiger partial charge >= 0.3 is 0 Å². The summed E-state index contributed by atoms with van der Waals surface area (Å²) in [4.78, 5) is 9.34. The van der Waals surface area contributed by atoms with Gasteiger partial charge in [0.2, 0.25) is 5.71 Å². The second-order valence-electron chi connectivity index (χ2n) is 8.60. The van der Waals surface area contributed by atoms with Crippen molar-refractivity contribution >= 4 is 39.1 Å². The highest BCUT2D eigenvalue weighted by molar-refractivity contribution is 6.10. The summed E-state index contributed by atoms with van der Waals surface area (Å²) in [5.74, 6) is 0. The van der Waals surface area contributed by atoms with Crippen molar-refractivity contribution < 1.29 is 4.42 Å². The molecule has 4 aromatic rings. The Morgan fingerprint density at radius 3 is 2.43 bits per heavy atom. The fourth-order valence-electron chi connectivity index (χ4n) is 4.68. The lowest BCUT2D eigenvalue weighted by Gasteiger charge is -2.40. The second kappa shape index (κ2) is 5.74. The standard InChI is InChI=1S/C24H25N3O/c1-15-12-13-17-18-9-8-14-25-23(18)28-22(17)21(15)26-16(2)27(24(3,4)5)20-11-7-6-10-19(20)26/h6-14,16H,1-5H3. The molecule has 0 aliphatic carbocycles. The number of aromatic nitrogens is 1. The molecular weight excluding hydrogens is 346 g/mol. The number of hydrogen-bond acceptors (Lipinski definition) is 4. The van der Waals surface area contributed by atoms with Crippen LogP contribution >= 0.6 is 0 Å². The largest absolute Gasteiger partial charge is 0.435 e. The predicted molar refractivity (Wildman–Crippen MR) is 117 cm³/mol. The molecule has 1 aliphatic heterocycles. The molecule has 1 atom stereocenters. The second-order valence-corrected chi connectivity index (χ2v) is 8.60. The van der Waals surface area contributed by atoms with E-state index in [9.17, 15) is 0 Å². The molecule has 0 saturated heterocycles. The number of fused-ring (bicyclic) bond motifs is 4. The van der Waals surface area contributed by atoms with E-state index in [1.807, 2.05) is 6.07 Å². The summed E-state index contributed by atoms with van der Waals surface area (Å²) in [5, 5.41) is 2.18. The average Bonchev–Trinajstić information content (AvgIpc) is 3.16. The van der Waals surface area contributed by atoms with Gasteiger partial charge in [-0.25, -0.2) is 4.98 Å². The quantitative estimate of drug-likeness (QED) is 0.388. The van der Waals surface area contributed by atoms with Crippen LogP contribution in [0.4, 0.5) is 17.1 Å². The zero-order valence-electron chi connectivity index (χ0n) is 17.0. The van der Waals surface area contributed by atoms with Gasteiger partial charge in [0.05, 0.1) is 17.1 Å². The van der Waals surface area contributed by atoms with E-state index in [1.54, 1.807) is 6.20 Å². The molecule has 2 aromatic heterocycles. The van der Waals surface area contributed by atoms with Crippen molar-refractivity contribution in [2.45, 2.75) is 46.3 Å². The molecule has 2 aromatic carbocycles. The van der Waals surface area contributed by atoms with Crippen LogP contribution in [0.25, 0.3) is 22.1 Å². The number of hydrogen-bond donors (Lipinski definition) is 0. The van der Waals surface area contributed by atoms with Gasteiger partial charge in [0.15, 0.2) is 5.58 Å². The molecular formula is C24H25N3O. The van der Waals surface area contributed by atoms with Gasteiger partial charge < -0.3 is 14.2 Å². The molecule has 0 spiro atoms. The molecule has 0 saturated carbocycles. The first-order chi connectivity index (χ1) is 13.4. The SMILES string of the molecule is Cc1ccc2c(oc3ncccc32)c1N1c2ccccc2N(C(C)(C)C)C1C. The van der Waals surface area contributed by atoms with Crippen molar-refractivity contribution in [1.82, 2.24) is 4.98 Å². The minimum Gasteiger partial charge on any atom is -0.435 e. The number of para-hydroxylation sites is 2. The lowest BCUT2D eigenvalue weighted by molar-refractivity contribution is 0.468. The highest BCUT2D eigenvalue weighted by atomic mass is 16.3. The third kappa shape index (κ3) is 2.27. The first kappa shape index (κ1) is 17.1. The van der Waals surface area contributed by atoms with Crippen LogP contribution in [-0.2, 0) is 0 Å². The minimum atomic E-state index is 0.00149. The molecule has 28 heavy (non-hydrogen) atoms. The highest BCUT2D eigenvalue weighted by Crippen LogP contribution is 2.50. The van der Waals surface area contributed by atoms with Crippen molar-refractivity contribution in [3.8, 4) is 0 Å². The van der Waals surface area contributed by atoms with E-state index in [4.69, 9.17) is 4.42 Å². The maximum Gasteiger partial charge on any atom is 0.227 e. The monoisotopic (exact) mass is 371 g/mol. The predicted octanol–water partition coefficient (Wildman–Crippen LogP) is 6.39. The molecule has 4 heteroatoms. The summed E-state index contributed by atoms with van der Waals surface area (Å²) < 4.78 is 6.29. The van der Waals surface area contributed by atoms with Crippen LogP contribution in [0.15, 0.2) is 59.1 Å². The summed E-state index contributed by atoms with van der Waals surface area (Å²) in [7, 11) is 0. The Morgan fingerprint density at radius 2 is 1.68 bits per heavy atom. The van der Waals surface area contributed by atoms with Gasteiger partial charge in [0.1, 0.15) is 6.17 Å². The Hall–Kier alpha value is -3.01. The molecule has 0 bridgehead atoms. The third-order valence-corrected chi connectivity index (χ3v) is 5.71. The number of benzene rings is 2. The summed E-state index contributed by atoms with van der Waals surface area (Å²) in [5.41, 5.74) is 6.40. The van der Waals surface area contributed by atoms with Gasteiger partial charge in [-0.2, -0.15) is 0 Å². The molecule has 0 radical (unpaired) electrons. The molecule has 4 nitrogen and oxygen atoms in total. The lowest BCUT2D eigenvalue weighted by atomic mass is 10.0. The van der Waals surface area contributed by atoms with E-state index in [0.29, 0.717) is 5.71 Å². The molecule has 142 valence electrons. The summed E-state index contributed by atoms with van der Waals surface area (Å²) >= 11 is 0. The van der Waals surface area contributed by atoms with E-state index >= 15 is 0 Å². The van der Waals surface area contributed by atoms with Crippen LogP contribution in [0.5, 0.6) is 0 Å². The minimum absolute atomic E-state index is 0.00149. The van der Waals surface area contributed by atoms with Crippen LogP contribution in [-0.4, -0.2) is 16.7 Å². The van der Waals surface area contributed by atoms with Crippen LogP contribution in [0.1, 0.15) is 33.3 Å². The van der Waals surface area contributed by atoms with Gasteiger partial charge in [-0.1, -0.05) is 24.3 Å². The summed E-state index contributed by atoms with van der Waals surface area (Å²) in [6.07, 6.45) is 1.95. The van der Waals surface area contributed by atoms with Gasteiger partial charge in [-0.05, 0) is 64.4 Å². The third-order valence-electron chi connectivity index (χ3n) is 5.71. The fourth-order valence-corrected chi connectivity index (χ4v) is 4.68. The molecule has 0 fully saturated rings. The first-order valence-corrected chi connectivity index (χ1v) is 9.82. The molecule has 1 aliphatic rings. The molecule has 0 amide bonds. The van der Waals surface area contributed by atoms with Crippen molar-refractivity contribution in [2.24, 2.45) is 0 Å². The van der Waals surface area contributed by atoms with Crippen LogP contribution in [0.2, 0.25) is 0 Å². The average molecular weight is 371 g/mol. The Kier molecular flexibility index (Phi) is 3.51. The number of rotatable bonds is 1. The van der Waals surface area contributed by atoms with Crippen LogP contribution in [0, 0.1) is 6.92 Å². The normalized spacial score (nSPS) is 17.0. The van der Waals surface area contributed by atoms with E-state index in [2.05, 4.69) is 91.9 Å². The van der Waals surface area contributed by atoms with Crippen molar-refractivity contribution in [3.05, 3.63) is 60.3 Å². The van der Waals surface area contributed by atoms with E-state index in [-0.39, 0.29) is 11.7 Å². The van der Waals surface area contributed by atoms with Crippen molar-refractivity contribution in [3.63, 3.8) is 0 Å². The van der Waals surface area contributed by atoms with Crippen molar-refractivity contribution in [1.29, 1.82) is 0 Å². The van der Waals surface area contributed by atoms with Crippen molar-refractivity contribution in [2.75, 3.05) is 9.80 Å². The van der Waals surface area contributed by atoms with Gasteiger partial charge in [0.25, 0.3) is 0 Å². The molecule has 0 N–H and O–H groups in total. The number of anilines is 3. The summed E-state index contributed by atoms with van der Waals surface area (Å²) in [6, 6.07) is 17.0.